The zero-order chi connectivity index (χ0) is 50.2. The molecule has 6 rings (SSSR count). The number of nitrogens with one attached hydrogen (secondary N) is 2. The maximum atomic E-state index is 11.8. The van der Waals surface area contributed by atoms with E-state index >= 15 is 0 Å². The standard InChI is InChI=1S/C53H57Cl2N5O10/c1-32-15-36(24-57-21-32)28-67-48-19-50(44(54)17-40(48)26-59-46(11-13-61)52(63)64)69-30-38-7-5-9-42(33(38)2)43-10-6-8-39(34(43)3)31-70-51-20-49(68-29-37-16-35(22-56-4)23-58-25-37)41(18-45(51)55)27-60-47(12-14-62)53(65)66/h5-10,15-25,46-47,59-62H,11-14,26-31H2,1-4H3,(H,63,64)(H,65,66)/b56-22+/t46-,47-/m1/s1. The summed E-state index contributed by atoms with van der Waals surface area (Å²) >= 11 is 13.6. The van der Waals surface area contributed by atoms with E-state index < -0.39 is 24.0 Å². The van der Waals surface area contributed by atoms with Crippen molar-refractivity contribution in [1.82, 2.24) is 20.6 Å². The van der Waals surface area contributed by atoms with Crippen LogP contribution in [0, 0.1) is 20.8 Å². The summed E-state index contributed by atoms with van der Waals surface area (Å²) in [5.74, 6) is -0.547. The molecule has 0 unspecified atom stereocenters. The Hall–Kier alpha value is -6.59. The molecule has 0 radical (unpaired) electrons. The van der Waals surface area contributed by atoms with Gasteiger partial charge in [-0.3, -0.25) is 24.5 Å². The molecule has 0 aliphatic heterocycles. The molecule has 0 aliphatic rings. The molecule has 0 saturated carbocycles. The van der Waals surface area contributed by atoms with Crippen molar-refractivity contribution in [1.29, 1.82) is 0 Å². The molecule has 70 heavy (non-hydrogen) atoms. The van der Waals surface area contributed by atoms with Crippen molar-refractivity contribution in [2.75, 3.05) is 20.3 Å². The third-order valence-corrected chi connectivity index (χ3v) is 12.1. The molecular formula is C53H57Cl2N5O10. The van der Waals surface area contributed by atoms with Gasteiger partial charge in [0, 0.05) is 104 Å². The number of carboxylic acid groups (broad SMARTS) is 2. The van der Waals surface area contributed by atoms with E-state index in [9.17, 15) is 30.0 Å². The van der Waals surface area contributed by atoms with Crippen molar-refractivity contribution >= 4 is 41.4 Å². The van der Waals surface area contributed by atoms with Crippen molar-refractivity contribution in [3.05, 3.63) is 163 Å². The monoisotopic (exact) mass is 993 g/mol. The quantitative estimate of drug-likeness (QED) is 0.0281. The molecule has 15 nitrogen and oxygen atoms in total. The number of aliphatic hydroxyl groups is 2. The van der Waals surface area contributed by atoms with E-state index in [1.807, 2.05) is 57.2 Å². The molecule has 368 valence electrons. The van der Waals surface area contributed by atoms with Gasteiger partial charge in [-0.05, 0) is 96.8 Å². The van der Waals surface area contributed by atoms with Crippen LogP contribution in [0.2, 0.25) is 10.0 Å². The fraction of sp³-hybridized carbons (Fsp3) is 0.302. The number of carboxylic acids is 2. The molecule has 0 aliphatic carbocycles. The van der Waals surface area contributed by atoms with Crippen molar-refractivity contribution in [2.45, 2.75) is 85.2 Å². The Bertz CT molecular complexity index is 2790. The molecule has 0 fully saturated rings. The summed E-state index contributed by atoms with van der Waals surface area (Å²) in [4.78, 5) is 36.3. The average molecular weight is 995 g/mol. The minimum absolute atomic E-state index is 0.0225. The van der Waals surface area contributed by atoms with Gasteiger partial charge in [-0.1, -0.05) is 59.6 Å². The number of nitrogens with zero attached hydrogens (tertiary/aromatic N) is 3. The number of pyridine rings is 2. The highest BCUT2D eigenvalue weighted by atomic mass is 35.5. The van der Waals surface area contributed by atoms with Gasteiger partial charge in [0.15, 0.2) is 0 Å². The lowest BCUT2D eigenvalue weighted by Gasteiger charge is -2.20. The smallest absolute Gasteiger partial charge is 0.320 e. The number of hydrogen-bond donors (Lipinski definition) is 6. The van der Waals surface area contributed by atoms with E-state index in [1.54, 1.807) is 62.3 Å². The van der Waals surface area contributed by atoms with E-state index in [4.69, 9.17) is 42.1 Å². The van der Waals surface area contributed by atoms with Gasteiger partial charge in [-0.2, -0.15) is 0 Å². The molecule has 0 spiro atoms. The number of aryl methyl sites for hydroxylation is 1. The molecule has 6 N–H and O–H groups in total. The minimum Gasteiger partial charge on any atom is -0.488 e. The number of ether oxygens (including phenoxy) is 4. The summed E-state index contributed by atoms with van der Waals surface area (Å²) in [6.07, 6.45) is 8.60. The normalized spacial score (nSPS) is 12.2. The molecule has 0 bridgehead atoms. The van der Waals surface area contributed by atoms with E-state index in [0.29, 0.717) is 44.2 Å². The van der Waals surface area contributed by atoms with Crippen LogP contribution in [0.4, 0.5) is 0 Å². The molecule has 0 saturated heterocycles. The number of aliphatic hydroxyl groups excluding tert-OH is 2. The number of aromatic nitrogens is 2. The van der Waals surface area contributed by atoms with Gasteiger partial charge in [-0.25, -0.2) is 0 Å². The molecular weight excluding hydrogens is 938 g/mol. The lowest BCUT2D eigenvalue weighted by molar-refractivity contribution is -0.140. The van der Waals surface area contributed by atoms with Crippen LogP contribution in [0.1, 0.15) is 68.5 Å². The second kappa shape index (κ2) is 25.9. The van der Waals surface area contributed by atoms with Crippen molar-refractivity contribution < 1.29 is 49.0 Å². The maximum Gasteiger partial charge on any atom is 0.320 e. The third-order valence-electron chi connectivity index (χ3n) is 11.5. The van der Waals surface area contributed by atoms with Crippen LogP contribution in [0.5, 0.6) is 23.0 Å². The number of halogens is 2. The highest BCUT2D eigenvalue weighted by Gasteiger charge is 2.21. The van der Waals surface area contributed by atoms with Crippen LogP contribution in [-0.4, -0.2) is 80.9 Å². The van der Waals surface area contributed by atoms with Crippen molar-refractivity contribution in [3.8, 4) is 34.1 Å². The lowest BCUT2D eigenvalue weighted by Crippen LogP contribution is -2.37. The van der Waals surface area contributed by atoms with Crippen LogP contribution >= 0.6 is 23.2 Å². The van der Waals surface area contributed by atoms with E-state index in [2.05, 4.69) is 37.7 Å². The predicted molar refractivity (Wildman–Crippen MR) is 268 cm³/mol. The summed E-state index contributed by atoms with van der Waals surface area (Å²) in [6.45, 7) is 6.34. The number of carbonyl (C=O) groups is 2. The van der Waals surface area contributed by atoms with E-state index in [-0.39, 0.29) is 65.6 Å². The molecule has 17 heteroatoms. The summed E-state index contributed by atoms with van der Waals surface area (Å²) in [5, 5.41) is 44.7. The van der Waals surface area contributed by atoms with Gasteiger partial charge in [0.05, 0.1) is 10.0 Å². The van der Waals surface area contributed by atoms with Crippen molar-refractivity contribution in [2.24, 2.45) is 4.99 Å². The largest absolute Gasteiger partial charge is 0.488 e. The van der Waals surface area contributed by atoms with Gasteiger partial charge in [0.25, 0.3) is 0 Å². The number of rotatable bonds is 26. The van der Waals surface area contributed by atoms with E-state index in [1.165, 1.54) is 0 Å². The highest BCUT2D eigenvalue weighted by Crippen LogP contribution is 2.37. The second-order valence-electron chi connectivity index (χ2n) is 16.6. The zero-order valence-corrected chi connectivity index (χ0v) is 40.9. The first-order valence-corrected chi connectivity index (χ1v) is 23.3. The molecule has 0 amide bonds. The molecule has 4 aromatic carbocycles. The Kier molecular flexibility index (Phi) is 19.5. The summed E-state index contributed by atoms with van der Waals surface area (Å²) in [7, 11) is 1.68. The maximum absolute atomic E-state index is 11.8. The lowest BCUT2D eigenvalue weighted by atomic mass is 9.92. The Balaban J connectivity index is 1.20. The van der Waals surface area contributed by atoms with Gasteiger partial charge >= 0.3 is 11.9 Å². The topological polar surface area (TPSA) is 214 Å². The predicted octanol–water partition coefficient (Wildman–Crippen LogP) is 8.59. The summed E-state index contributed by atoms with van der Waals surface area (Å²) in [6, 6.07) is 20.7. The third kappa shape index (κ3) is 14.5. The molecule has 2 heterocycles. The number of aliphatic carboxylic acids is 2. The van der Waals surface area contributed by atoms with Crippen LogP contribution in [0.25, 0.3) is 11.1 Å². The van der Waals surface area contributed by atoms with Gasteiger partial charge in [-0.15, -0.1) is 0 Å². The van der Waals surface area contributed by atoms with Gasteiger partial charge in [0.2, 0.25) is 0 Å². The van der Waals surface area contributed by atoms with Crippen LogP contribution < -0.4 is 29.6 Å². The Labute approximate surface area is 417 Å². The fourth-order valence-corrected chi connectivity index (χ4v) is 8.15. The first-order valence-electron chi connectivity index (χ1n) is 22.5. The average Bonchev–Trinajstić information content (AvgIpc) is 3.33. The fourth-order valence-electron chi connectivity index (χ4n) is 7.67. The molecule has 2 aromatic heterocycles. The molecule has 6 aromatic rings. The van der Waals surface area contributed by atoms with Crippen LogP contribution in [0.15, 0.2) is 103 Å². The first kappa shape index (κ1) is 52.8. The van der Waals surface area contributed by atoms with Crippen molar-refractivity contribution in [3.63, 3.8) is 0 Å². The van der Waals surface area contributed by atoms with E-state index in [0.717, 1.165) is 55.6 Å². The number of hydrogen-bond acceptors (Lipinski definition) is 13. The second-order valence-corrected chi connectivity index (χ2v) is 17.4. The SMILES string of the molecule is C/N=C/c1cncc(COc2cc(OCc3cccc(-c4cccc(COc5cc(OCc6cncc(C)c6)c(CN[C@H](CCO)C(=O)O)cc5Cl)c4C)c3C)c(Cl)cc2CN[C@H](CCO)C(=O)O)c1. The molecule has 2 atom stereocenters. The number of benzene rings is 4. The van der Waals surface area contributed by atoms with Gasteiger partial charge in [0.1, 0.15) is 61.5 Å². The highest BCUT2D eigenvalue weighted by molar-refractivity contribution is 6.32. The van der Waals surface area contributed by atoms with Gasteiger partial charge < -0.3 is 50.0 Å². The Morgan fingerprint density at radius 3 is 1.51 bits per heavy atom. The number of aliphatic imine (C=N–C) groups is 1. The van der Waals surface area contributed by atoms with Crippen LogP contribution in [0.3, 0.4) is 0 Å². The Morgan fingerprint density at radius 1 is 0.614 bits per heavy atom. The summed E-state index contributed by atoms with van der Waals surface area (Å²) < 4.78 is 25.3. The first-order chi connectivity index (χ1) is 33.8. The summed E-state index contributed by atoms with van der Waals surface area (Å²) in [5.41, 5.74) is 10.5. The minimum atomic E-state index is -1.09. The zero-order valence-electron chi connectivity index (χ0n) is 39.4. The van der Waals surface area contributed by atoms with Crippen LogP contribution in [-0.2, 0) is 49.1 Å². The Morgan fingerprint density at radius 2 is 1.07 bits per heavy atom.